The van der Waals surface area contributed by atoms with Crippen LogP contribution in [-0.4, -0.2) is 52.7 Å². The summed E-state index contributed by atoms with van der Waals surface area (Å²) in [6.07, 6.45) is 14.2. The van der Waals surface area contributed by atoms with Crippen LogP contribution in [0.2, 0.25) is 0 Å². The van der Waals surface area contributed by atoms with Gasteiger partial charge in [-0.15, -0.1) is 11.3 Å². The number of aromatic nitrogens is 1. The first-order valence-corrected chi connectivity index (χ1v) is 13.0. The molecule has 0 spiro atoms. The summed E-state index contributed by atoms with van der Waals surface area (Å²) in [6, 6.07) is 7.06. The molecule has 0 radical (unpaired) electrons. The van der Waals surface area contributed by atoms with E-state index in [9.17, 15) is 14.7 Å². The molecule has 35 heavy (non-hydrogen) atoms. The van der Waals surface area contributed by atoms with Crippen molar-refractivity contribution in [2.24, 2.45) is 0 Å². The minimum absolute atomic E-state index is 0.207. The highest BCUT2D eigenvalue weighted by Gasteiger charge is 2.23. The fourth-order valence-electron chi connectivity index (χ4n) is 4.42. The van der Waals surface area contributed by atoms with Gasteiger partial charge in [0.15, 0.2) is 0 Å². The van der Waals surface area contributed by atoms with E-state index in [1.54, 1.807) is 6.07 Å². The Morgan fingerprint density at radius 3 is 3.00 bits per heavy atom. The second kappa shape index (κ2) is 12.6. The summed E-state index contributed by atoms with van der Waals surface area (Å²) in [5, 5.41) is 19.2. The number of amides is 1. The number of pyridine rings is 1. The Bertz CT molecular complexity index is 1070. The highest BCUT2D eigenvalue weighted by molar-refractivity contribution is 7.14. The first-order valence-electron chi connectivity index (χ1n) is 12.2. The SMILES string of the molecule is O=C(N[C@@H](CCCNC1CCCc2cccnc21)C(=O)O)c1ccc(CNCN2C=CC=CC2)s1. The predicted octanol–water partition coefficient (Wildman–Crippen LogP) is 3.21. The molecule has 1 unspecified atom stereocenters. The van der Waals surface area contributed by atoms with Crippen LogP contribution in [-0.2, 0) is 17.8 Å². The molecular formula is C26H33N5O3S. The van der Waals surface area contributed by atoms with Crippen molar-refractivity contribution in [3.05, 3.63) is 75.9 Å². The zero-order valence-corrected chi connectivity index (χ0v) is 20.6. The highest BCUT2D eigenvalue weighted by Crippen LogP contribution is 2.27. The third kappa shape index (κ3) is 7.24. The van der Waals surface area contributed by atoms with Crippen molar-refractivity contribution in [3.8, 4) is 0 Å². The van der Waals surface area contributed by atoms with Crippen LogP contribution in [0.1, 0.15) is 57.5 Å². The molecule has 4 rings (SSSR count). The number of nitrogens with zero attached hydrogens (tertiary/aromatic N) is 2. The molecule has 8 nitrogen and oxygen atoms in total. The molecule has 0 bridgehead atoms. The molecule has 2 atom stereocenters. The quantitative estimate of drug-likeness (QED) is 0.335. The van der Waals surface area contributed by atoms with Crippen molar-refractivity contribution in [2.75, 3.05) is 19.8 Å². The number of nitrogens with one attached hydrogen (secondary N) is 3. The number of allylic oxidation sites excluding steroid dienone is 2. The van der Waals surface area contributed by atoms with E-state index in [0.29, 0.717) is 30.8 Å². The lowest BCUT2D eigenvalue weighted by molar-refractivity contribution is -0.139. The maximum atomic E-state index is 12.7. The van der Waals surface area contributed by atoms with Crippen molar-refractivity contribution >= 4 is 23.2 Å². The molecule has 1 aliphatic heterocycles. The zero-order chi connectivity index (χ0) is 24.5. The third-order valence-electron chi connectivity index (χ3n) is 6.24. The van der Waals surface area contributed by atoms with Crippen LogP contribution in [0.15, 0.2) is 54.9 Å². The monoisotopic (exact) mass is 495 g/mol. The molecule has 186 valence electrons. The first-order chi connectivity index (χ1) is 17.1. The molecule has 3 heterocycles. The normalized spacial score (nSPS) is 17.7. The van der Waals surface area contributed by atoms with Gasteiger partial charge < -0.3 is 20.6 Å². The zero-order valence-electron chi connectivity index (χ0n) is 19.8. The lowest BCUT2D eigenvalue weighted by Crippen LogP contribution is -2.41. The Morgan fingerprint density at radius 2 is 2.17 bits per heavy atom. The van der Waals surface area contributed by atoms with Crippen LogP contribution in [0.3, 0.4) is 0 Å². The molecule has 2 aromatic heterocycles. The second-order valence-corrected chi connectivity index (χ2v) is 10.0. The number of carboxylic acid groups (broad SMARTS) is 1. The van der Waals surface area contributed by atoms with Crippen LogP contribution in [0.4, 0.5) is 0 Å². The van der Waals surface area contributed by atoms with Crippen LogP contribution >= 0.6 is 11.3 Å². The van der Waals surface area contributed by atoms with Gasteiger partial charge in [0.25, 0.3) is 5.91 Å². The molecule has 0 fully saturated rings. The van der Waals surface area contributed by atoms with Crippen molar-refractivity contribution in [1.29, 1.82) is 0 Å². The Balaban J connectivity index is 1.20. The van der Waals surface area contributed by atoms with Crippen LogP contribution in [0, 0.1) is 0 Å². The summed E-state index contributed by atoms with van der Waals surface area (Å²) in [6.45, 7) is 2.92. The van der Waals surface area contributed by atoms with Crippen molar-refractivity contribution in [1.82, 2.24) is 25.8 Å². The third-order valence-corrected chi connectivity index (χ3v) is 7.33. The number of aryl methyl sites for hydroxylation is 1. The molecule has 0 saturated carbocycles. The maximum Gasteiger partial charge on any atom is 0.326 e. The average Bonchev–Trinajstić information content (AvgIpc) is 3.35. The van der Waals surface area contributed by atoms with E-state index >= 15 is 0 Å². The molecule has 1 aliphatic carbocycles. The molecular weight excluding hydrogens is 462 g/mol. The molecule has 0 aromatic carbocycles. The van der Waals surface area contributed by atoms with Gasteiger partial charge in [0.1, 0.15) is 6.04 Å². The number of carboxylic acids is 1. The Hall–Kier alpha value is -3.01. The van der Waals surface area contributed by atoms with Crippen molar-refractivity contribution < 1.29 is 14.7 Å². The van der Waals surface area contributed by atoms with E-state index in [1.807, 2.05) is 36.7 Å². The second-order valence-electron chi connectivity index (χ2n) is 8.85. The number of hydrogen-bond donors (Lipinski definition) is 4. The first kappa shape index (κ1) is 25.1. The minimum Gasteiger partial charge on any atom is -0.480 e. The van der Waals surface area contributed by atoms with E-state index in [1.165, 1.54) is 16.9 Å². The average molecular weight is 496 g/mol. The standard InChI is InChI=1S/C26H33N5O3S/c32-25(23-12-11-20(35-23)17-27-18-31-15-2-1-3-16-31)30-22(26(33)34)10-6-13-28-21-9-4-7-19-8-5-14-29-24(19)21/h1-3,5,8,11-12,14-15,21-22,27-28H,4,6-7,9-10,13,16-18H2,(H,30,32)(H,33,34)/t21?,22-/m0/s1. The van der Waals surface area contributed by atoms with Gasteiger partial charge in [-0.2, -0.15) is 0 Å². The summed E-state index contributed by atoms with van der Waals surface area (Å²) in [5.41, 5.74) is 2.40. The minimum atomic E-state index is -1.01. The number of hydrogen-bond acceptors (Lipinski definition) is 7. The van der Waals surface area contributed by atoms with Crippen LogP contribution in [0.5, 0.6) is 0 Å². The molecule has 2 aliphatic rings. The van der Waals surface area contributed by atoms with Crippen LogP contribution < -0.4 is 16.0 Å². The van der Waals surface area contributed by atoms with Gasteiger partial charge in [-0.1, -0.05) is 18.2 Å². The molecule has 1 amide bonds. The van der Waals surface area contributed by atoms with Crippen molar-refractivity contribution in [3.63, 3.8) is 0 Å². The number of carbonyl (C=O) groups excluding carboxylic acids is 1. The predicted molar refractivity (Wildman–Crippen MR) is 137 cm³/mol. The summed E-state index contributed by atoms with van der Waals surface area (Å²) in [7, 11) is 0. The topological polar surface area (TPSA) is 107 Å². The summed E-state index contributed by atoms with van der Waals surface area (Å²) in [4.78, 5) is 32.7. The lowest BCUT2D eigenvalue weighted by atomic mass is 9.92. The molecule has 4 N–H and O–H groups in total. The number of thiophene rings is 1. The Labute approximate surface area is 210 Å². The summed E-state index contributed by atoms with van der Waals surface area (Å²) in [5.74, 6) is -1.35. The smallest absolute Gasteiger partial charge is 0.326 e. The van der Waals surface area contributed by atoms with E-state index in [-0.39, 0.29) is 11.9 Å². The van der Waals surface area contributed by atoms with E-state index in [4.69, 9.17) is 0 Å². The van der Waals surface area contributed by atoms with E-state index < -0.39 is 12.0 Å². The lowest BCUT2D eigenvalue weighted by Gasteiger charge is -2.25. The van der Waals surface area contributed by atoms with Gasteiger partial charge in [0.2, 0.25) is 0 Å². The van der Waals surface area contributed by atoms with Crippen molar-refractivity contribution in [2.45, 2.75) is 50.7 Å². The number of aliphatic carboxylic acids is 1. The van der Waals surface area contributed by atoms with Gasteiger partial charge in [-0.3, -0.25) is 15.1 Å². The van der Waals surface area contributed by atoms with E-state index in [0.717, 1.165) is 43.0 Å². The number of carbonyl (C=O) groups is 2. The Kier molecular flexibility index (Phi) is 9.05. The Morgan fingerprint density at radius 1 is 1.26 bits per heavy atom. The maximum absolute atomic E-state index is 12.7. The largest absolute Gasteiger partial charge is 0.480 e. The fourth-order valence-corrected chi connectivity index (χ4v) is 5.30. The van der Waals surface area contributed by atoms with Gasteiger partial charge >= 0.3 is 5.97 Å². The number of fused-ring (bicyclic) bond motifs is 1. The summed E-state index contributed by atoms with van der Waals surface area (Å²) < 4.78 is 0. The molecule has 0 saturated heterocycles. The van der Waals surface area contributed by atoms with Gasteiger partial charge in [-0.05, 0) is 68.5 Å². The summed E-state index contributed by atoms with van der Waals surface area (Å²) >= 11 is 1.38. The fraction of sp³-hybridized carbons (Fsp3) is 0.423. The van der Waals surface area contributed by atoms with Gasteiger partial charge in [0.05, 0.1) is 17.2 Å². The van der Waals surface area contributed by atoms with Gasteiger partial charge in [-0.25, -0.2) is 4.79 Å². The molecule has 9 heteroatoms. The highest BCUT2D eigenvalue weighted by atomic mass is 32.1. The molecule has 2 aromatic rings. The van der Waals surface area contributed by atoms with Crippen LogP contribution in [0.25, 0.3) is 0 Å². The van der Waals surface area contributed by atoms with Gasteiger partial charge in [0, 0.05) is 36.4 Å². The van der Waals surface area contributed by atoms with E-state index in [2.05, 4.69) is 38.0 Å². The number of rotatable bonds is 12.